The van der Waals surface area contributed by atoms with Gasteiger partial charge in [-0.2, -0.15) is 0 Å². The van der Waals surface area contributed by atoms with Crippen LogP contribution in [0.3, 0.4) is 0 Å². The van der Waals surface area contributed by atoms with Crippen LogP contribution < -0.4 is 5.73 Å². The predicted octanol–water partition coefficient (Wildman–Crippen LogP) is 2.45. The fourth-order valence-corrected chi connectivity index (χ4v) is 1.77. The van der Waals surface area contributed by atoms with Crippen LogP contribution in [0.5, 0.6) is 0 Å². The highest BCUT2D eigenvalue weighted by Gasteiger charge is 2.03. The minimum Gasteiger partial charge on any atom is -0.324 e. The van der Waals surface area contributed by atoms with Crippen LogP contribution in [0.15, 0.2) is 36.7 Å². The summed E-state index contributed by atoms with van der Waals surface area (Å²) in [6, 6.07) is 8.39. The third kappa shape index (κ3) is 1.99. The molecule has 0 amide bonds. The highest BCUT2D eigenvalue weighted by Crippen LogP contribution is 2.15. The normalized spacial score (nSPS) is 12.7. The van der Waals surface area contributed by atoms with Crippen LogP contribution in [-0.2, 0) is 6.42 Å². The number of hydrogen-bond donors (Lipinski definition) is 1. The van der Waals surface area contributed by atoms with Crippen LogP contribution in [0.1, 0.15) is 31.3 Å². The lowest BCUT2D eigenvalue weighted by molar-refractivity contribution is 0.816. The molecule has 0 saturated heterocycles. The summed E-state index contributed by atoms with van der Waals surface area (Å²) < 4.78 is 2.10. The molecule has 3 nitrogen and oxygen atoms in total. The van der Waals surface area contributed by atoms with E-state index in [1.54, 1.807) is 0 Å². The molecule has 0 aliphatic carbocycles. The van der Waals surface area contributed by atoms with Crippen LogP contribution in [0.2, 0.25) is 0 Å². The molecule has 2 N–H and O–H groups in total. The molecule has 0 bridgehead atoms. The van der Waals surface area contributed by atoms with E-state index in [1.807, 2.05) is 19.3 Å². The van der Waals surface area contributed by atoms with E-state index in [-0.39, 0.29) is 6.04 Å². The van der Waals surface area contributed by atoms with E-state index in [2.05, 4.69) is 40.7 Å². The minimum absolute atomic E-state index is 0.0856. The number of nitrogens with zero attached hydrogens (tertiary/aromatic N) is 2. The molecular weight excluding hydrogens is 198 g/mol. The summed E-state index contributed by atoms with van der Waals surface area (Å²) in [5.74, 6) is 1.08. The van der Waals surface area contributed by atoms with Gasteiger partial charge in [-0.05, 0) is 24.6 Å². The number of hydrogen-bond acceptors (Lipinski definition) is 2. The number of benzene rings is 1. The molecule has 16 heavy (non-hydrogen) atoms. The van der Waals surface area contributed by atoms with E-state index in [1.165, 1.54) is 0 Å². The van der Waals surface area contributed by atoms with Crippen molar-refractivity contribution in [3.63, 3.8) is 0 Å². The Morgan fingerprint density at radius 1 is 1.31 bits per heavy atom. The lowest BCUT2D eigenvalue weighted by Gasteiger charge is -2.09. The SMILES string of the molecule is CCc1nccn1-c1ccc([C@@H](C)N)cc1. The van der Waals surface area contributed by atoms with Crippen LogP contribution in [0.25, 0.3) is 5.69 Å². The topological polar surface area (TPSA) is 43.8 Å². The van der Waals surface area contributed by atoms with Gasteiger partial charge in [0.1, 0.15) is 5.82 Å². The van der Waals surface area contributed by atoms with Gasteiger partial charge in [0.25, 0.3) is 0 Å². The molecule has 2 aromatic rings. The maximum Gasteiger partial charge on any atom is 0.112 e. The molecule has 0 aliphatic heterocycles. The van der Waals surface area contributed by atoms with Crippen LogP contribution in [0.4, 0.5) is 0 Å². The van der Waals surface area contributed by atoms with E-state index in [0.717, 1.165) is 23.5 Å². The molecular formula is C13H17N3. The summed E-state index contributed by atoms with van der Waals surface area (Å²) >= 11 is 0. The number of aromatic nitrogens is 2. The molecule has 1 aromatic heterocycles. The fourth-order valence-electron chi connectivity index (χ4n) is 1.77. The van der Waals surface area contributed by atoms with Crippen LogP contribution in [-0.4, -0.2) is 9.55 Å². The highest BCUT2D eigenvalue weighted by molar-refractivity contribution is 5.36. The van der Waals surface area contributed by atoms with Gasteiger partial charge in [-0.1, -0.05) is 19.1 Å². The lowest BCUT2D eigenvalue weighted by atomic mass is 10.1. The molecule has 2 rings (SSSR count). The Hall–Kier alpha value is -1.61. The summed E-state index contributed by atoms with van der Waals surface area (Å²) in [7, 11) is 0. The molecule has 0 unspecified atom stereocenters. The largest absolute Gasteiger partial charge is 0.324 e. The Bertz CT molecular complexity index is 454. The summed E-state index contributed by atoms with van der Waals surface area (Å²) in [5, 5.41) is 0. The number of aryl methyl sites for hydroxylation is 1. The van der Waals surface area contributed by atoms with Crippen molar-refractivity contribution in [1.82, 2.24) is 9.55 Å². The number of imidazole rings is 1. The molecule has 0 saturated carbocycles. The Morgan fingerprint density at radius 2 is 2.00 bits per heavy atom. The van der Waals surface area contributed by atoms with E-state index >= 15 is 0 Å². The molecule has 1 atom stereocenters. The summed E-state index contributed by atoms with van der Waals surface area (Å²) in [6.07, 6.45) is 4.75. The number of nitrogens with two attached hydrogens (primary N) is 1. The van der Waals surface area contributed by atoms with Gasteiger partial charge in [-0.3, -0.25) is 0 Å². The highest BCUT2D eigenvalue weighted by atomic mass is 15.1. The van der Waals surface area contributed by atoms with Gasteiger partial charge in [0.05, 0.1) is 0 Å². The average molecular weight is 215 g/mol. The van der Waals surface area contributed by atoms with E-state index in [0.29, 0.717) is 0 Å². The first-order chi connectivity index (χ1) is 7.72. The second kappa shape index (κ2) is 4.49. The van der Waals surface area contributed by atoms with Gasteiger partial charge in [-0.25, -0.2) is 4.98 Å². The van der Waals surface area contributed by atoms with Crippen molar-refractivity contribution in [2.75, 3.05) is 0 Å². The fraction of sp³-hybridized carbons (Fsp3) is 0.308. The van der Waals surface area contributed by atoms with Crippen molar-refractivity contribution in [2.24, 2.45) is 5.73 Å². The predicted molar refractivity (Wildman–Crippen MR) is 65.5 cm³/mol. The molecule has 0 spiro atoms. The van der Waals surface area contributed by atoms with Gasteiger partial charge in [-0.15, -0.1) is 0 Å². The van der Waals surface area contributed by atoms with Crippen molar-refractivity contribution in [3.8, 4) is 5.69 Å². The van der Waals surface area contributed by atoms with Crippen molar-refractivity contribution < 1.29 is 0 Å². The Labute approximate surface area is 95.9 Å². The molecule has 0 aliphatic rings. The first-order valence-electron chi connectivity index (χ1n) is 5.60. The van der Waals surface area contributed by atoms with E-state index in [9.17, 15) is 0 Å². The minimum atomic E-state index is 0.0856. The van der Waals surface area contributed by atoms with Crippen molar-refractivity contribution in [2.45, 2.75) is 26.3 Å². The smallest absolute Gasteiger partial charge is 0.112 e. The van der Waals surface area contributed by atoms with Gasteiger partial charge in [0.15, 0.2) is 0 Å². The van der Waals surface area contributed by atoms with Crippen LogP contribution >= 0.6 is 0 Å². The second-order valence-electron chi connectivity index (χ2n) is 3.95. The first-order valence-corrected chi connectivity index (χ1v) is 5.60. The monoisotopic (exact) mass is 215 g/mol. The standard InChI is InChI=1S/C13H17N3/c1-3-13-15-8-9-16(13)12-6-4-11(5-7-12)10(2)14/h4-10H,3,14H2,1-2H3/t10-/m1/s1. The average Bonchev–Trinajstić information content (AvgIpc) is 2.77. The molecule has 0 radical (unpaired) electrons. The van der Waals surface area contributed by atoms with E-state index in [4.69, 9.17) is 5.73 Å². The van der Waals surface area contributed by atoms with Crippen molar-refractivity contribution >= 4 is 0 Å². The van der Waals surface area contributed by atoms with Crippen molar-refractivity contribution in [1.29, 1.82) is 0 Å². The van der Waals surface area contributed by atoms with E-state index < -0.39 is 0 Å². The molecule has 84 valence electrons. The van der Waals surface area contributed by atoms with Gasteiger partial charge in [0, 0.05) is 30.5 Å². The third-order valence-corrected chi connectivity index (χ3v) is 2.73. The van der Waals surface area contributed by atoms with Gasteiger partial charge < -0.3 is 10.3 Å². The van der Waals surface area contributed by atoms with Gasteiger partial charge >= 0.3 is 0 Å². The zero-order valence-electron chi connectivity index (χ0n) is 9.72. The quantitative estimate of drug-likeness (QED) is 0.854. The Balaban J connectivity index is 2.35. The maximum atomic E-state index is 5.82. The maximum absolute atomic E-state index is 5.82. The molecule has 1 heterocycles. The molecule has 1 aromatic carbocycles. The zero-order chi connectivity index (χ0) is 11.5. The van der Waals surface area contributed by atoms with Crippen LogP contribution in [0, 0.1) is 0 Å². The summed E-state index contributed by atoms with van der Waals surface area (Å²) in [5.41, 5.74) is 8.11. The third-order valence-electron chi connectivity index (χ3n) is 2.73. The first kappa shape index (κ1) is 10.9. The zero-order valence-corrected chi connectivity index (χ0v) is 9.72. The molecule has 3 heteroatoms. The lowest BCUT2D eigenvalue weighted by Crippen LogP contribution is -2.05. The second-order valence-corrected chi connectivity index (χ2v) is 3.95. The number of rotatable bonds is 3. The van der Waals surface area contributed by atoms with Gasteiger partial charge in [0.2, 0.25) is 0 Å². The Kier molecular flexibility index (Phi) is 3.06. The summed E-state index contributed by atoms with van der Waals surface area (Å²) in [6.45, 7) is 4.10. The van der Waals surface area contributed by atoms with Crippen molar-refractivity contribution in [3.05, 3.63) is 48.0 Å². The Morgan fingerprint density at radius 3 is 2.56 bits per heavy atom. The molecule has 0 fully saturated rings. The summed E-state index contributed by atoms with van der Waals surface area (Å²) in [4.78, 5) is 4.31.